The van der Waals surface area contributed by atoms with Crippen LogP contribution in [0.15, 0.2) is 60.7 Å². The highest BCUT2D eigenvalue weighted by molar-refractivity contribution is 8.01. The number of rotatable bonds is 11. The van der Waals surface area contributed by atoms with Gasteiger partial charge in [-0.1, -0.05) is 60.7 Å². The normalized spacial score (nSPS) is 28.0. The minimum Gasteiger partial charge on any atom is -0.481 e. The maximum Gasteiger partial charge on any atom is 0.407 e. The second kappa shape index (κ2) is 16.1. The number of carboxylic acid groups (broad SMARTS) is 1. The molecule has 6 fully saturated rings. The fourth-order valence-corrected chi connectivity index (χ4v) is 10.3. The summed E-state index contributed by atoms with van der Waals surface area (Å²) >= 11 is 3.49. The number of fused-ring (bicyclic) bond motifs is 6. The van der Waals surface area contributed by atoms with Crippen molar-refractivity contribution in [1.29, 1.82) is 0 Å². The lowest BCUT2D eigenvalue weighted by Gasteiger charge is -2.52. The van der Waals surface area contributed by atoms with Gasteiger partial charge in [0.1, 0.15) is 13.2 Å². The van der Waals surface area contributed by atoms with Gasteiger partial charge in [0.15, 0.2) is 0 Å². The van der Waals surface area contributed by atoms with E-state index in [1.165, 1.54) is 12.2 Å². The molecule has 266 valence electrons. The zero-order valence-corrected chi connectivity index (χ0v) is 29.9. The quantitative estimate of drug-likeness (QED) is 0.227. The van der Waals surface area contributed by atoms with E-state index in [9.17, 15) is 19.2 Å². The van der Waals surface area contributed by atoms with Gasteiger partial charge in [0, 0.05) is 34.5 Å². The average molecular weight is 714 g/mol. The van der Waals surface area contributed by atoms with E-state index in [1.807, 2.05) is 60.7 Å². The molecule has 0 radical (unpaired) electrons. The summed E-state index contributed by atoms with van der Waals surface area (Å²) in [5, 5.41) is 16.5. The number of carbonyl (C=O) groups is 4. The van der Waals surface area contributed by atoms with Crippen LogP contribution in [0.25, 0.3) is 0 Å². The predicted molar refractivity (Wildman–Crippen MR) is 189 cm³/mol. The highest BCUT2D eigenvalue weighted by atomic mass is 32.2. The molecule has 3 N–H and O–H groups in total. The maximum absolute atomic E-state index is 12.2. The number of carbonyl (C=O) groups excluding carboxylic acids is 3. The number of nitrogens with zero attached hydrogens (tertiary/aromatic N) is 1. The molecule has 13 heteroatoms. The molecule has 4 saturated heterocycles. The monoisotopic (exact) mass is 713 g/mol. The zero-order chi connectivity index (χ0) is 35.0. The molecule has 2 aromatic rings. The molecule has 4 heterocycles. The zero-order valence-electron chi connectivity index (χ0n) is 28.2. The van der Waals surface area contributed by atoms with Gasteiger partial charge in [-0.25, -0.2) is 14.7 Å². The van der Waals surface area contributed by atoms with Crippen LogP contribution >= 0.6 is 23.5 Å². The lowest BCUT2D eigenvalue weighted by atomic mass is 9.74. The summed E-state index contributed by atoms with van der Waals surface area (Å²) < 4.78 is 10.5. The van der Waals surface area contributed by atoms with E-state index in [0.717, 1.165) is 74.0 Å². The van der Waals surface area contributed by atoms with Crippen molar-refractivity contribution in [2.45, 2.75) is 98.0 Å². The number of amides is 3. The van der Waals surface area contributed by atoms with Gasteiger partial charge in [0.25, 0.3) is 0 Å². The molecular formula is C36H47N3O8S2. The number of ether oxygens (including phenoxy) is 2. The van der Waals surface area contributed by atoms with Crippen molar-refractivity contribution in [2.24, 2.45) is 0 Å². The molecule has 11 nitrogen and oxygen atoms in total. The molecule has 0 unspecified atom stereocenters. The smallest absolute Gasteiger partial charge is 0.407 e. The van der Waals surface area contributed by atoms with Gasteiger partial charge in [-0.15, -0.1) is 0 Å². The van der Waals surface area contributed by atoms with Crippen molar-refractivity contribution in [2.75, 3.05) is 25.7 Å². The Kier molecular flexibility index (Phi) is 12.1. The molecule has 0 spiro atoms. The largest absolute Gasteiger partial charge is 0.481 e. The third kappa shape index (κ3) is 9.85. The Hall–Kier alpha value is -3.42. The van der Waals surface area contributed by atoms with Gasteiger partial charge < -0.3 is 25.2 Å². The van der Waals surface area contributed by atoms with Crippen molar-refractivity contribution < 1.29 is 38.6 Å². The summed E-state index contributed by atoms with van der Waals surface area (Å²) in [5.74, 6) is 0.852. The number of alkyl carbamates (subject to hydrolysis) is 2. The molecular weight excluding hydrogens is 667 g/mol. The summed E-state index contributed by atoms with van der Waals surface area (Å²) in [5.41, 5.74) is 1.48. The predicted octanol–water partition coefficient (Wildman–Crippen LogP) is 6.31. The van der Waals surface area contributed by atoms with E-state index in [1.54, 1.807) is 30.6 Å². The van der Waals surface area contributed by atoms with Gasteiger partial charge in [-0.05, 0) is 62.5 Å². The molecule has 3 amide bonds. The highest BCUT2D eigenvalue weighted by Crippen LogP contribution is 2.54. The van der Waals surface area contributed by atoms with Gasteiger partial charge in [0.05, 0.1) is 24.6 Å². The Bertz CT molecular complexity index is 1410. The number of aliphatic carboxylic acids is 1. The summed E-state index contributed by atoms with van der Waals surface area (Å²) in [6.07, 6.45) is 6.87. The SMILES string of the molecule is CON(C)C(=O)CC12CCC(NC(=O)OCc3ccccc3)(CC1)CS2.O=C(O)CC12CCC(NC(=O)OCc3ccccc3)(CC1)CS2. The molecule has 8 rings (SSSR count). The molecule has 2 aliphatic carbocycles. The average Bonchev–Trinajstić information content (AvgIpc) is 3.12. The van der Waals surface area contributed by atoms with Gasteiger partial charge in [-0.2, -0.15) is 23.5 Å². The van der Waals surface area contributed by atoms with Crippen molar-refractivity contribution in [3.8, 4) is 0 Å². The van der Waals surface area contributed by atoms with E-state index in [4.69, 9.17) is 19.4 Å². The first-order valence-corrected chi connectivity index (χ1v) is 18.7. The number of hydrogen-bond donors (Lipinski definition) is 3. The lowest BCUT2D eigenvalue weighted by molar-refractivity contribution is -0.169. The minimum absolute atomic E-state index is 0.00429. The Morgan fingerprint density at radius 3 is 1.45 bits per heavy atom. The standard InChI is InChI=1S/C19H26N2O4S.C17H21NO4S/c1-21(24-2)16(22)12-19-10-8-18(9-11-19,14-26-19)20-17(23)25-13-15-6-4-3-5-7-15;19-14(20)10-17-8-6-16(7-9-17,12-23-17)18-15(21)22-11-13-4-2-1-3-5-13/h3-7H,8-14H2,1-2H3,(H,20,23);1-5H,6-12H2,(H,18,21)(H,19,20). The third-order valence-electron chi connectivity index (χ3n) is 10.3. The first-order valence-electron chi connectivity index (χ1n) is 16.8. The van der Waals surface area contributed by atoms with Crippen molar-refractivity contribution in [3.63, 3.8) is 0 Å². The first-order chi connectivity index (χ1) is 23.5. The second-order valence-corrected chi connectivity index (χ2v) is 16.6. The van der Waals surface area contributed by atoms with Crippen molar-refractivity contribution in [1.82, 2.24) is 15.7 Å². The molecule has 0 atom stereocenters. The molecule has 4 bridgehead atoms. The molecule has 6 aliphatic rings. The number of carboxylic acids is 1. The molecule has 0 aromatic heterocycles. The van der Waals surface area contributed by atoms with E-state index in [0.29, 0.717) is 6.42 Å². The Labute approximate surface area is 296 Å². The van der Waals surface area contributed by atoms with Crippen LogP contribution < -0.4 is 10.6 Å². The van der Waals surface area contributed by atoms with Crippen LogP contribution in [0.4, 0.5) is 9.59 Å². The highest BCUT2D eigenvalue weighted by Gasteiger charge is 2.52. The van der Waals surface area contributed by atoms with Gasteiger partial charge in [-0.3, -0.25) is 14.4 Å². The van der Waals surface area contributed by atoms with Crippen LogP contribution in [0.3, 0.4) is 0 Å². The van der Waals surface area contributed by atoms with E-state index in [2.05, 4.69) is 10.6 Å². The second-order valence-electron chi connectivity index (χ2n) is 13.7. The van der Waals surface area contributed by atoms with Crippen LogP contribution in [-0.2, 0) is 37.1 Å². The fraction of sp³-hybridized carbons (Fsp3) is 0.556. The van der Waals surface area contributed by atoms with Crippen LogP contribution in [0.2, 0.25) is 0 Å². The summed E-state index contributed by atoms with van der Waals surface area (Å²) in [7, 11) is 3.14. The topological polar surface area (TPSA) is 144 Å². The summed E-state index contributed by atoms with van der Waals surface area (Å²) in [6.45, 7) is 0.538. The van der Waals surface area contributed by atoms with Crippen LogP contribution in [0, 0.1) is 0 Å². The van der Waals surface area contributed by atoms with Crippen LogP contribution in [0.5, 0.6) is 0 Å². The maximum atomic E-state index is 12.2. The fourth-order valence-electron chi connectivity index (χ4n) is 7.02. The van der Waals surface area contributed by atoms with E-state index in [-0.39, 0.29) is 58.3 Å². The molecule has 2 aromatic carbocycles. The number of benzene rings is 2. The van der Waals surface area contributed by atoms with E-state index < -0.39 is 5.97 Å². The van der Waals surface area contributed by atoms with Crippen LogP contribution in [-0.4, -0.2) is 80.5 Å². The first kappa shape index (κ1) is 36.9. The Morgan fingerprint density at radius 2 is 1.10 bits per heavy atom. The number of hydroxylamine groups is 2. The van der Waals surface area contributed by atoms with Crippen LogP contribution in [0.1, 0.15) is 75.3 Å². The summed E-state index contributed by atoms with van der Waals surface area (Å²) in [4.78, 5) is 52.5. The Balaban J connectivity index is 0.000000192. The van der Waals surface area contributed by atoms with Gasteiger partial charge >= 0.3 is 18.2 Å². The summed E-state index contributed by atoms with van der Waals surface area (Å²) in [6, 6.07) is 19.2. The molecule has 49 heavy (non-hydrogen) atoms. The molecule has 4 aliphatic heterocycles. The van der Waals surface area contributed by atoms with Gasteiger partial charge in [0.2, 0.25) is 5.91 Å². The van der Waals surface area contributed by atoms with Crippen molar-refractivity contribution >= 4 is 47.6 Å². The molecule has 2 saturated carbocycles. The third-order valence-corrected chi connectivity index (χ3v) is 14.0. The minimum atomic E-state index is -0.734. The lowest BCUT2D eigenvalue weighted by Crippen LogP contribution is -2.60. The Morgan fingerprint density at radius 1 is 0.694 bits per heavy atom. The number of thioether (sulfide) groups is 2. The number of nitrogens with one attached hydrogen (secondary N) is 2. The van der Waals surface area contributed by atoms with E-state index >= 15 is 0 Å². The number of hydrogen-bond acceptors (Lipinski definition) is 9. The van der Waals surface area contributed by atoms with Crippen molar-refractivity contribution in [3.05, 3.63) is 71.8 Å².